The highest BCUT2D eigenvalue weighted by atomic mass is 79.9. The molecule has 0 radical (unpaired) electrons. The SMILES string of the molecule is O=C(NCCCN1CCNCC1)Nc1nc2ccc(Br)cc2s1. The number of nitrogens with one attached hydrogen (secondary N) is 3. The molecule has 1 aromatic heterocycles. The van der Waals surface area contributed by atoms with E-state index in [0.717, 1.165) is 53.8 Å². The number of amides is 2. The number of nitrogens with zero attached hydrogens (tertiary/aromatic N) is 2. The van der Waals surface area contributed by atoms with Gasteiger partial charge in [-0.25, -0.2) is 9.78 Å². The molecule has 0 bridgehead atoms. The van der Waals surface area contributed by atoms with Crippen molar-refractivity contribution >= 4 is 48.6 Å². The lowest BCUT2D eigenvalue weighted by Gasteiger charge is -2.27. The zero-order chi connectivity index (χ0) is 16.1. The maximum absolute atomic E-state index is 11.9. The molecular formula is C15H20BrN5OS. The number of carbonyl (C=O) groups excluding carboxylic acids is 1. The zero-order valence-electron chi connectivity index (χ0n) is 12.8. The highest BCUT2D eigenvalue weighted by molar-refractivity contribution is 9.10. The van der Waals surface area contributed by atoms with Crippen molar-refractivity contribution in [2.75, 3.05) is 44.6 Å². The number of piperazine rings is 1. The molecule has 1 aliphatic rings. The van der Waals surface area contributed by atoms with Crippen LogP contribution in [-0.4, -0.2) is 55.2 Å². The Morgan fingerprint density at radius 2 is 2.22 bits per heavy atom. The van der Waals surface area contributed by atoms with E-state index in [4.69, 9.17) is 0 Å². The maximum Gasteiger partial charge on any atom is 0.321 e. The maximum atomic E-state index is 11.9. The second-order valence-corrected chi connectivity index (χ2v) is 7.40. The third-order valence-electron chi connectivity index (χ3n) is 3.72. The second-order valence-electron chi connectivity index (χ2n) is 5.46. The summed E-state index contributed by atoms with van der Waals surface area (Å²) in [4.78, 5) is 18.7. The van der Waals surface area contributed by atoms with Crippen molar-refractivity contribution in [1.82, 2.24) is 20.5 Å². The number of fused-ring (bicyclic) bond motifs is 1. The number of aromatic nitrogens is 1. The number of benzene rings is 1. The van der Waals surface area contributed by atoms with Gasteiger partial charge in [-0.05, 0) is 31.2 Å². The van der Waals surface area contributed by atoms with E-state index in [1.807, 2.05) is 18.2 Å². The molecule has 23 heavy (non-hydrogen) atoms. The molecule has 1 aromatic carbocycles. The van der Waals surface area contributed by atoms with E-state index in [1.165, 1.54) is 11.3 Å². The summed E-state index contributed by atoms with van der Waals surface area (Å²) >= 11 is 4.91. The molecule has 2 amide bonds. The van der Waals surface area contributed by atoms with E-state index >= 15 is 0 Å². The van der Waals surface area contributed by atoms with Gasteiger partial charge in [-0.15, -0.1) is 0 Å². The lowest BCUT2D eigenvalue weighted by molar-refractivity contribution is 0.234. The molecule has 3 rings (SSSR count). The predicted octanol–water partition coefficient (Wildman–Crippen LogP) is 2.48. The minimum atomic E-state index is -0.191. The molecule has 0 aliphatic carbocycles. The van der Waals surface area contributed by atoms with E-state index in [2.05, 4.69) is 41.8 Å². The molecule has 0 saturated carbocycles. The number of hydrogen-bond acceptors (Lipinski definition) is 5. The Balaban J connectivity index is 1.41. The highest BCUT2D eigenvalue weighted by Gasteiger charge is 2.10. The Hall–Kier alpha value is -1.22. The van der Waals surface area contributed by atoms with Gasteiger partial charge in [0.1, 0.15) is 0 Å². The van der Waals surface area contributed by atoms with E-state index in [-0.39, 0.29) is 6.03 Å². The zero-order valence-corrected chi connectivity index (χ0v) is 15.2. The van der Waals surface area contributed by atoms with Crippen LogP contribution < -0.4 is 16.0 Å². The average molecular weight is 398 g/mol. The summed E-state index contributed by atoms with van der Waals surface area (Å²) in [7, 11) is 0. The van der Waals surface area contributed by atoms with Crippen LogP contribution in [0.25, 0.3) is 10.2 Å². The summed E-state index contributed by atoms with van der Waals surface area (Å²) in [5.41, 5.74) is 0.896. The van der Waals surface area contributed by atoms with Gasteiger partial charge >= 0.3 is 6.03 Å². The van der Waals surface area contributed by atoms with Crippen molar-refractivity contribution < 1.29 is 4.79 Å². The smallest absolute Gasteiger partial charge is 0.321 e. The van der Waals surface area contributed by atoms with Crippen molar-refractivity contribution in [3.63, 3.8) is 0 Å². The molecule has 1 saturated heterocycles. The van der Waals surface area contributed by atoms with Crippen molar-refractivity contribution in [1.29, 1.82) is 0 Å². The van der Waals surface area contributed by atoms with Gasteiger partial charge in [0, 0.05) is 37.2 Å². The normalized spacial score (nSPS) is 15.7. The number of rotatable bonds is 5. The average Bonchev–Trinajstić information content (AvgIpc) is 2.94. The van der Waals surface area contributed by atoms with Crippen molar-refractivity contribution in [3.8, 4) is 0 Å². The number of thiazole rings is 1. The molecule has 1 aliphatic heterocycles. The van der Waals surface area contributed by atoms with Gasteiger partial charge in [-0.2, -0.15) is 0 Å². The number of urea groups is 1. The summed E-state index contributed by atoms with van der Waals surface area (Å²) in [5, 5.41) is 9.66. The lowest BCUT2D eigenvalue weighted by Crippen LogP contribution is -2.44. The number of halogens is 1. The Morgan fingerprint density at radius 3 is 3.04 bits per heavy atom. The largest absolute Gasteiger partial charge is 0.338 e. The minimum Gasteiger partial charge on any atom is -0.338 e. The molecule has 2 aromatic rings. The van der Waals surface area contributed by atoms with E-state index in [0.29, 0.717) is 11.7 Å². The van der Waals surface area contributed by atoms with Crippen molar-refractivity contribution in [2.45, 2.75) is 6.42 Å². The van der Waals surface area contributed by atoms with Crippen LogP contribution in [0.5, 0.6) is 0 Å². The summed E-state index contributed by atoms with van der Waals surface area (Å²) < 4.78 is 2.06. The number of anilines is 1. The Kier molecular flexibility index (Phi) is 5.82. The molecule has 1 fully saturated rings. The first-order chi connectivity index (χ1) is 11.2. The first kappa shape index (κ1) is 16.6. The van der Waals surface area contributed by atoms with E-state index in [1.54, 1.807) is 0 Å². The third kappa shape index (κ3) is 4.87. The monoisotopic (exact) mass is 397 g/mol. The molecule has 8 heteroatoms. The Labute approximate surface area is 147 Å². The first-order valence-electron chi connectivity index (χ1n) is 7.75. The van der Waals surface area contributed by atoms with Crippen molar-refractivity contribution in [3.05, 3.63) is 22.7 Å². The van der Waals surface area contributed by atoms with Gasteiger partial charge in [-0.1, -0.05) is 27.3 Å². The standard InChI is InChI=1S/C15H20BrN5OS/c16-11-2-3-12-13(10-11)23-15(19-12)20-14(22)18-4-1-7-21-8-5-17-6-9-21/h2-3,10,17H,1,4-9H2,(H2,18,19,20,22). The van der Waals surface area contributed by atoms with Crippen LogP contribution in [0.1, 0.15) is 6.42 Å². The first-order valence-corrected chi connectivity index (χ1v) is 9.36. The van der Waals surface area contributed by atoms with E-state index in [9.17, 15) is 4.79 Å². The fraction of sp³-hybridized carbons (Fsp3) is 0.467. The summed E-state index contributed by atoms with van der Waals surface area (Å²) in [5.74, 6) is 0. The summed E-state index contributed by atoms with van der Waals surface area (Å²) in [6, 6.07) is 5.70. The highest BCUT2D eigenvalue weighted by Crippen LogP contribution is 2.28. The quantitative estimate of drug-likeness (QED) is 0.677. The van der Waals surface area contributed by atoms with Gasteiger partial charge in [0.15, 0.2) is 5.13 Å². The molecule has 2 heterocycles. The van der Waals surface area contributed by atoms with Crippen LogP contribution in [0.2, 0.25) is 0 Å². The van der Waals surface area contributed by atoms with Gasteiger partial charge in [0.25, 0.3) is 0 Å². The van der Waals surface area contributed by atoms with Crippen molar-refractivity contribution in [2.24, 2.45) is 0 Å². The fourth-order valence-corrected chi connectivity index (χ4v) is 3.95. The van der Waals surface area contributed by atoms with Crippen LogP contribution in [0.3, 0.4) is 0 Å². The van der Waals surface area contributed by atoms with E-state index < -0.39 is 0 Å². The fourth-order valence-electron chi connectivity index (χ4n) is 2.53. The second kappa shape index (κ2) is 8.05. The Morgan fingerprint density at radius 1 is 1.39 bits per heavy atom. The van der Waals surface area contributed by atoms with Gasteiger partial charge in [0.2, 0.25) is 0 Å². The number of hydrogen-bond donors (Lipinski definition) is 3. The molecule has 6 nitrogen and oxygen atoms in total. The van der Waals surface area contributed by atoms with Crippen LogP contribution in [0.15, 0.2) is 22.7 Å². The molecule has 0 atom stereocenters. The Bertz CT molecular complexity index is 671. The summed E-state index contributed by atoms with van der Waals surface area (Å²) in [6.45, 7) is 5.99. The topological polar surface area (TPSA) is 69.3 Å². The molecule has 0 unspecified atom stereocenters. The van der Waals surface area contributed by atoms with Gasteiger partial charge in [-0.3, -0.25) is 5.32 Å². The third-order valence-corrected chi connectivity index (χ3v) is 5.14. The van der Waals surface area contributed by atoms with Gasteiger partial charge < -0.3 is 15.5 Å². The van der Waals surface area contributed by atoms with Crippen LogP contribution >= 0.6 is 27.3 Å². The molecule has 124 valence electrons. The van der Waals surface area contributed by atoms with Gasteiger partial charge in [0.05, 0.1) is 10.2 Å². The summed E-state index contributed by atoms with van der Waals surface area (Å²) in [6.07, 6.45) is 0.959. The molecular weight excluding hydrogens is 378 g/mol. The minimum absolute atomic E-state index is 0.191. The predicted molar refractivity (Wildman–Crippen MR) is 98.3 cm³/mol. The van der Waals surface area contributed by atoms with Crippen LogP contribution in [0.4, 0.5) is 9.93 Å². The van der Waals surface area contributed by atoms with Crippen LogP contribution in [0, 0.1) is 0 Å². The molecule has 3 N–H and O–H groups in total. The molecule has 0 spiro atoms. The number of carbonyl (C=O) groups is 1. The van der Waals surface area contributed by atoms with Crippen LogP contribution in [-0.2, 0) is 0 Å². The lowest BCUT2D eigenvalue weighted by atomic mass is 10.3.